The van der Waals surface area contributed by atoms with Crippen molar-refractivity contribution in [2.45, 2.75) is 4.90 Å². The summed E-state index contributed by atoms with van der Waals surface area (Å²) in [6.45, 7) is -0.361. The SMILES string of the molecule is O=C(COc1ccc(Nc2ccccc2)cc1)NNc1ccc(S(=O)(=O)Nc2ccccc2)cc1[N+](=O)[O-]. The Bertz CT molecular complexity index is 1520. The molecule has 4 N–H and O–H groups in total. The molecule has 0 bridgehead atoms. The molecule has 0 spiro atoms. The van der Waals surface area contributed by atoms with Gasteiger partial charge in [-0.1, -0.05) is 36.4 Å². The van der Waals surface area contributed by atoms with Crippen molar-refractivity contribution >= 4 is 44.4 Å². The van der Waals surface area contributed by atoms with Gasteiger partial charge in [0.1, 0.15) is 11.4 Å². The summed E-state index contributed by atoms with van der Waals surface area (Å²) in [6.07, 6.45) is 0. The second-order valence-electron chi connectivity index (χ2n) is 7.88. The van der Waals surface area contributed by atoms with Crippen molar-refractivity contribution in [3.05, 3.63) is 113 Å². The smallest absolute Gasteiger partial charge is 0.295 e. The van der Waals surface area contributed by atoms with Gasteiger partial charge >= 0.3 is 0 Å². The quantitative estimate of drug-likeness (QED) is 0.160. The van der Waals surface area contributed by atoms with Crippen LogP contribution in [-0.2, 0) is 14.8 Å². The van der Waals surface area contributed by atoms with E-state index in [9.17, 15) is 23.3 Å². The molecule has 4 rings (SSSR count). The number of nitro benzene ring substituents is 1. The molecule has 0 saturated heterocycles. The van der Waals surface area contributed by atoms with E-state index in [1.54, 1.807) is 54.6 Å². The highest BCUT2D eigenvalue weighted by molar-refractivity contribution is 7.92. The average Bonchev–Trinajstić information content (AvgIpc) is 2.92. The van der Waals surface area contributed by atoms with Crippen LogP contribution in [0.2, 0.25) is 0 Å². The molecule has 0 saturated carbocycles. The number of carbonyl (C=O) groups excluding carboxylic acids is 1. The van der Waals surface area contributed by atoms with Gasteiger partial charge in [0.15, 0.2) is 6.61 Å². The molecule has 0 unspecified atom stereocenters. The van der Waals surface area contributed by atoms with Gasteiger partial charge in [0.25, 0.3) is 21.6 Å². The van der Waals surface area contributed by atoms with Crippen molar-refractivity contribution in [2.24, 2.45) is 0 Å². The molecule has 0 heterocycles. The van der Waals surface area contributed by atoms with Crippen molar-refractivity contribution in [3.8, 4) is 5.75 Å². The minimum atomic E-state index is -4.07. The van der Waals surface area contributed by atoms with Gasteiger partial charge in [-0.15, -0.1) is 0 Å². The van der Waals surface area contributed by atoms with Crippen molar-refractivity contribution < 1.29 is 22.9 Å². The maximum atomic E-state index is 12.6. The zero-order valence-electron chi connectivity index (χ0n) is 19.8. The lowest BCUT2D eigenvalue weighted by Gasteiger charge is -2.12. The van der Waals surface area contributed by atoms with Gasteiger partial charge in [-0.2, -0.15) is 0 Å². The predicted molar refractivity (Wildman–Crippen MR) is 144 cm³/mol. The van der Waals surface area contributed by atoms with Crippen LogP contribution < -0.4 is 25.6 Å². The summed E-state index contributed by atoms with van der Waals surface area (Å²) < 4.78 is 33.1. The molecule has 11 nitrogen and oxygen atoms in total. The summed E-state index contributed by atoms with van der Waals surface area (Å²) in [6, 6.07) is 28.0. The first-order chi connectivity index (χ1) is 18.3. The van der Waals surface area contributed by atoms with Gasteiger partial charge in [-0.25, -0.2) is 8.42 Å². The highest BCUT2D eigenvalue weighted by Crippen LogP contribution is 2.28. The molecule has 0 aliphatic carbocycles. The Morgan fingerprint density at radius 2 is 1.42 bits per heavy atom. The van der Waals surface area contributed by atoms with Crippen LogP contribution >= 0.6 is 0 Å². The Balaban J connectivity index is 1.33. The minimum Gasteiger partial charge on any atom is -0.484 e. The summed E-state index contributed by atoms with van der Waals surface area (Å²) in [5, 5.41) is 14.8. The molecule has 12 heteroatoms. The number of anilines is 4. The third kappa shape index (κ3) is 6.98. The van der Waals surface area contributed by atoms with Crippen LogP contribution in [0.15, 0.2) is 108 Å². The van der Waals surface area contributed by atoms with Gasteiger partial charge in [-0.05, 0) is 60.7 Å². The number of sulfonamides is 1. The van der Waals surface area contributed by atoms with E-state index in [1.807, 2.05) is 30.3 Å². The van der Waals surface area contributed by atoms with E-state index in [1.165, 1.54) is 12.1 Å². The van der Waals surface area contributed by atoms with E-state index in [0.717, 1.165) is 17.4 Å². The number of carbonyl (C=O) groups is 1. The van der Waals surface area contributed by atoms with E-state index < -0.39 is 26.5 Å². The second-order valence-corrected chi connectivity index (χ2v) is 9.57. The van der Waals surface area contributed by atoms with E-state index in [4.69, 9.17) is 4.74 Å². The highest BCUT2D eigenvalue weighted by atomic mass is 32.2. The number of amides is 1. The predicted octanol–water partition coefficient (Wildman–Crippen LogP) is 4.66. The molecule has 0 aliphatic rings. The molecular formula is C26H23N5O6S. The molecule has 0 radical (unpaired) electrons. The Hall–Kier alpha value is -5.10. The van der Waals surface area contributed by atoms with Crippen molar-refractivity contribution in [1.82, 2.24) is 5.43 Å². The molecule has 0 atom stereocenters. The average molecular weight is 534 g/mol. The standard InChI is InChI=1S/C26H23N5O6S/c32-26(18-37-22-13-11-20(12-14-22)27-19-7-3-1-4-8-19)29-28-24-16-15-23(17-25(24)31(33)34)38(35,36)30-21-9-5-2-6-10-21/h1-17,27-28,30H,18H2,(H,29,32). The maximum Gasteiger partial charge on any atom is 0.295 e. The van der Waals surface area contributed by atoms with Crippen molar-refractivity contribution in [3.63, 3.8) is 0 Å². The summed E-state index contributed by atoms with van der Waals surface area (Å²) in [4.78, 5) is 22.7. The highest BCUT2D eigenvalue weighted by Gasteiger charge is 2.22. The summed E-state index contributed by atoms with van der Waals surface area (Å²) in [7, 11) is -4.07. The number of ether oxygens (including phenoxy) is 1. The van der Waals surface area contributed by atoms with Gasteiger partial charge < -0.3 is 10.1 Å². The monoisotopic (exact) mass is 533 g/mol. The van der Waals surface area contributed by atoms with Crippen LogP contribution in [-0.4, -0.2) is 25.9 Å². The van der Waals surface area contributed by atoms with Crippen molar-refractivity contribution in [1.29, 1.82) is 0 Å². The number of rotatable bonds is 11. The number of hydrazine groups is 1. The topological polar surface area (TPSA) is 152 Å². The Labute approximate surface area is 218 Å². The number of para-hydroxylation sites is 2. The molecule has 4 aromatic rings. The number of hydrogen-bond donors (Lipinski definition) is 4. The first-order valence-corrected chi connectivity index (χ1v) is 12.7. The molecule has 1 amide bonds. The van der Waals surface area contributed by atoms with E-state index in [-0.39, 0.29) is 17.2 Å². The van der Waals surface area contributed by atoms with Gasteiger partial charge in [0.2, 0.25) is 0 Å². The van der Waals surface area contributed by atoms with E-state index >= 15 is 0 Å². The first kappa shape index (κ1) is 26.0. The number of hydrogen-bond acceptors (Lipinski definition) is 8. The fourth-order valence-electron chi connectivity index (χ4n) is 3.30. The molecule has 4 aromatic carbocycles. The third-order valence-corrected chi connectivity index (χ3v) is 6.50. The lowest BCUT2D eigenvalue weighted by molar-refractivity contribution is -0.384. The summed E-state index contributed by atoms with van der Waals surface area (Å²) >= 11 is 0. The van der Waals surface area contributed by atoms with E-state index in [2.05, 4.69) is 20.9 Å². The van der Waals surface area contributed by atoms with Gasteiger partial charge in [-0.3, -0.25) is 30.5 Å². The fourth-order valence-corrected chi connectivity index (χ4v) is 4.38. The first-order valence-electron chi connectivity index (χ1n) is 11.3. The maximum absolute atomic E-state index is 12.6. The number of benzene rings is 4. The fraction of sp³-hybridized carbons (Fsp3) is 0.0385. The normalized spacial score (nSPS) is 10.7. The van der Waals surface area contributed by atoms with Crippen LogP contribution in [0.5, 0.6) is 5.75 Å². The lowest BCUT2D eigenvalue weighted by atomic mass is 10.2. The van der Waals surface area contributed by atoms with Gasteiger partial charge in [0.05, 0.1) is 9.82 Å². The van der Waals surface area contributed by atoms with Crippen LogP contribution in [0.3, 0.4) is 0 Å². The number of nitrogens with one attached hydrogen (secondary N) is 4. The van der Waals surface area contributed by atoms with Crippen LogP contribution in [0.1, 0.15) is 0 Å². The van der Waals surface area contributed by atoms with Crippen molar-refractivity contribution in [2.75, 3.05) is 22.1 Å². The molecule has 0 aliphatic heterocycles. The second kappa shape index (κ2) is 11.8. The summed E-state index contributed by atoms with van der Waals surface area (Å²) in [5.41, 5.74) is 6.20. The largest absolute Gasteiger partial charge is 0.484 e. The Kier molecular flexibility index (Phi) is 8.04. The molecule has 194 valence electrons. The van der Waals surface area contributed by atoms with E-state index in [0.29, 0.717) is 11.4 Å². The third-order valence-electron chi connectivity index (χ3n) is 5.13. The number of nitrogens with zero attached hydrogens (tertiary/aromatic N) is 1. The Morgan fingerprint density at radius 1 is 0.816 bits per heavy atom. The lowest BCUT2D eigenvalue weighted by Crippen LogP contribution is -2.33. The van der Waals surface area contributed by atoms with Crippen LogP contribution in [0, 0.1) is 10.1 Å². The van der Waals surface area contributed by atoms with Gasteiger partial charge in [0, 0.05) is 23.1 Å². The zero-order chi connectivity index (χ0) is 27.0. The van der Waals surface area contributed by atoms with Crippen LogP contribution in [0.25, 0.3) is 0 Å². The minimum absolute atomic E-state index is 0.0987. The van der Waals surface area contributed by atoms with Crippen LogP contribution in [0.4, 0.5) is 28.4 Å². The molecule has 38 heavy (non-hydrogen) atoms. The number of nitro groups is 1. The Morgan fingerprint density at radius 3 is 2.05 bits per heavy atom. The molecule has 0 fully saturated rings. The summed E-state index contributed by atoms with van der Waals surface area (Å²) in [5.74, 6) is -0.154. The molecular weight excluding hydrogens is 510 g/mol. The molecule has 0 aromatic heterocycles. The zero-order valence-corrected chi connectivity index (χ0v) is 20.6.